The number of aryl methyl sites for hydroxylation is 2. The minimum absolute atomic E-state index is 0.0294. The number of aromatic carboxylic acids is 1. The number of hydrogen-bond donors (Lipinski definition) is 3. The number of aliphatic hydroxyl groups is 2. The molecule has 0 saturated carbocycles. The third kappa shape index (κ3) is 8.96. The van der Waals surface area contributed by atoms with Crippen LogP contribution in [0.3, 0.4) is 0 Å². The highest BCUT2D eigenvalue weighted by Gasteiger charge is 2.14. The molecule has 0 saturated heterocycles. The zero-order valence-electron chi connectivity index (χ0n) is 25.1. The van der Waals surface area contributed by atoms with Crippen LogP contribution in [0.25, 0.3) is 22.5 Å². The molecule has 3 N–H and O–H groups in total. The van der Waals surface area contributed by atoms with Gasteiger partial charge in [0, 0.05) is 57.8 Å². The molecular formula is C33H42N4O5. The van der Waals surface area contributed by atoms with E-state index in [2.05, 4.69) is 35.9 Å². The summed E-state index contributed by atoms with van der Waals surface area (Å²) in [6.45, 7) is 6.23. The van der Waals surface area contributed by atoms with Gasteiger partial charge in [-0.1, -0.05) is 62.4 Å². The lowest BCUT2D eigenvalue weighted by Crippen LogP contribution is -2.04. The number of benzene rings is 2. The van der Waals surface area contributed by atoms with E-state index in [1.807, 2.05) is 49.6 Å². The molecule has 0 fully saturated rings. The van der Waals surface area contributed by atoms with Gasteiger partial charge in [0.1, 0.15) is 0 Å². The topological polar surface area (TPSA) is 130 Å². The maximum Gasteiger partial charge on any atom is 0.372 e. The van der Waals surface area contributed by atoms with E-state index in [1.165, 1.54) is 22.6 Å². The molecule has 42 heavy (non-hydrogen) atoms. The van der Waals surface area contributed by atoms with Gasteiger partial charge in [0.15, 0.2) is 11.6 Å². The van der Waals surface area contributed by atoms with Crippen LogP contribution in [-0.2, 0) is 26.9 Å². The average molecular weight is 575 g/mol. The normalized spacial score (nSPS) is 12.4. The monoisotopic (exact) mass is 574 g/mol. The molecule has 4 aromatic rings. The quantitative estimate of drug-likeness (QED) is 0.198. The predicted molar refractivity (Wildman–Crippen MR) is 163 cm³/mol. The summed E-state index contributed by atoms with van der Waals surface area (Å²) in [5.74, 6) is 0.363. The van der Waals surface area contributed by atoms with Crippen molar-refractivity contribution in [3.05, 3.63) is 83.7 Å². The lowest BCUT2D eigenvalue weighted by Gasteiger charge is -2.09. The van der Waals surface area contributed by atoms with Crippen molar-refractivity contribution in [1.29, 1.82) is 0 Å². The Morgan fingerprint density at radius 2 is 1.10 bits per heavy atom. The molecule has 2 heterocycles. The van der Waals surface area contributed by atoms with Gasteiger partial charge >= 0.3 is 5.97 Å². The third-order valence-electron chi connectivity index (χ3n) is 7.17. The van der Waals surface area contributed by atoms with Crippen molar-refractivity contribution >= 4 is 11.8 Å². The number of ketones is 1. The van der Waals surface area contributed by atoms with E-state index < -0.39 is 5.97 Å². The first-order chi connectivity index (χ1) is 20.0. The fourth-order valence-corrected chi connectivity index (χ4v) is 4.81. The molecule has 0 radical (unpaired) electrons. The van der Waals surface area contributed by atoms with E-state index in [1.54, 1.807) is 17.8 Å². The van der Waals surface area contributed by atoms with Gasteiger partial charge in [-0.25, -0.2) is 14.8 Å². The summed E-state index contributed by atoms with van der Waals surface area (Å²) in [6, 6.07) is 16.2. The zero-order chi connectivity index (χ0) is 30.8. The molecule has 0 unspecified atom stereocenters. The maximum absolute atomic E-state index is 11.4. The summed E-state index contributed by atoms with van der Waals surface area (Å²) in [5, 5.41) is 26.9. The van der Waals surface area contributed by atoms with Crippen LogP contribution in [0, 0.1) is 11.8 Å². The molecule has 9 heteroatoms. The molecule has 4 rings (SSSR count). The molecule has 0 aliphatic carbocycles. The lowest BCUT2D eigenvalue weighted by atomic mass is 9.97. The average Bonchev–Trinajstić information content (AvgIpc) is 3.53. The molecule has 2 atom stereocenters. The highest BCUT2D eigenvalue weighted by atomic mass is 16.4. The minimum atomic E-state index is -1.03. The molecule has 2 aromatic carbocycles. The Morgan fingerprint density at radius 1 is 0.714 bits per heavy atom. The molecule has 0 spiro atoms. The molecule has 0 amide bonds. The number of Topliss-reactive ketones (excluding diaryl/α,β-unsaturated/α-hetero) is 1. The van der Waals surface area contributed by atoms with E-state index in [0.717, 1.165) is 42.5 Å². The van der Waals surface area contributed by atoms with Gasteiger partial charge in [-0.3, -0.25) is 4.79 Å². The first-order valence-corrected chi connectivity index (χ1v) is 14.2. The van der Waals surface area contributed by atoms with Gasteiger partial charge in [0.25, 0.3) is 0 Å². The highest BCUT2D eigenvalue weighted by molar-refractivity contribution is 5.91. The Morgan fingerprint density at radius 3 is 1.40 bits per heavy atom. The number of carbonyl (C=O) groups is 2. The standard InChI is InChI=1S/C17H22N2O2.C16H20N2O3/c1-12(8-9-20)10-14-4-6-15(7-5-14)16-11-19(3)17(18-16)13(2)21;1-11(7-8-19)9-12-3-5-13(6-4-12)14-10-18(2)15(17-14)16(20)21/h4-7,11-12,20H,8-10H2,1-3H3;3-6,10-11,19H,7-9H2,1-2H3,(H,20,21)/t12-;11-/m11/s1. The van der Waals surface area contributed by atoms with Gasteiger partial charge < -0.3 is 24.5 Å². The van der Waals surface area contributed by atoms with Crippen LogP contribution >= 0.6 is 0 Å². The van der Waals surface area contributed by atoms with E-state index in [9.17, 15) is 9.59 Å². The van der Waals surface area contributed by atoms with Crippen molar-refractivity contribution in [3.8, 4) is 22.5 Å². The van der Waals surface area contributed by atoms with Gasteiger partial charge in [0.05, 0.1) is 11.4 Å². The predicted octanol–water partition coefficient (Wildman–Crippen LogP) is 5.20. The SMILES string of the molecule is CC(=O)c1nc(-c2ccc(C[C@H](C)CCO)cc2)cn1C.C[C@H](CCO)Cc1ccc(-c2cn(C)c(C(=O)O)n2)cc1. The fraction of sp³-hybridized carbons (Fsp3) is 0.394. The summed E-state index contributed by atoms with van der Waals surface area (Å²) in [4.78, 5) is 31.0. The molecular weight excluding hydrogens is 532 g/mol. The molecule has 0 aliphatic rings. The number of carbonyl (C=O) groups excluding carboxylic acids is 1. The number of rotatable bonds is 12. The van der Waals surface area contributed by atoms with Crippen molar-refractivity contribution < 1.29 is 24.9 Å². The van der Waals surface area contributed by atoms with E-state index in [-0.39, 0.29) is 24.8 Å². The molecule has 0 aliphatic heterocycles. The number of imidazole rings is 2. The Kier molecular flexibility index (Phi) is 11.8. The van der Waals surface area contributed by atoms with Crippen molar-refractivity contribution in [2.45, 2.75) is 46.5 Å². The van der Waals surface area contributed by atoms with Crippen LogP contribution in [0.2, 0.25) is 0 Å². The minimum Gasteiger partial charge on any atom is -0.475 e. The fourth-order valence-electron chi connectivity index (χ4n) is 4.81. The van der Waals surface area contributed by atoms with Crippen LogP contribution in [0.5, 0.6) is 0 Å². The van der Waals surface area contributed by atoms with E-state index >= 15 is 0 Å². The van der Waals surface area contributed by atoms with Crippen LogP contribution in [0.4, 0.5) is 0 Å². The van der Waals surface area contributed by atoms with Gasteiger partial charge in [0.2, 0.25) is 5.82 Å². The number of aliphatic hydroxyl groups excluding tert-OH is 2. The summed E-state index contributed by atoms with van der Waals surface area (Å²) < 4.78 is 3.27. The van der Waals surface area contributed by atoms with Crippen LogP contribution in [0.1, 0.15) is 66.0 Å². The van der Waals surface area contributed by atoms with Gasteiger partial charge in [-0.2, -0.15) is 0 Å². The largest absolute Gasteiger partial charge is 0.475 e. The molecule has 2 aromatic heterocycles. The van der Waals surface area contributed by atoms with Crippen LogP contribution in [0.15, 0.2) is 60.9 Å². The van der Waals surface area contributed by atoms with E-state index in [0.29, 0.717) is 23.4 Å². The lowest BCUT2D eigenvalue weighted by molar-refractivity contribution is 0.0679. The number of nitrogens with zero attached hydrogens (tertiary/aromatic N) is 4. The third-order valence-corrected chi connectivity index (χ3v) is 7.17. The number of carboxylic acid groups (broad SMARTS) is 1. The summed E-state index contributed by atoms with van der Waals surface area (Å²) in [6.07, 6.45) is 7.09. The number of aromatic nitrogens is 4. The number of carboxylic acids is 1. The van der Waals surface area contributed by atoms with Crippen molar-refractivity contribution in [2.75, 3.05) is 13.2 Å². The van der Waals surface area contributed by atoms with Crippen LogP contribution < -0.4 is 0 Å². The van der Waals surface area contributed by atoms with Crippen molar-refractivity contribution in [1.82, 2.24) is 19.1 Å². The van der Waals surface area contributed by atoms with Crippen LogP contribution in [-0.4, -0.2) is 59.4 Å². The summed E-state index contributed by atoms with van der Waals surface area (Å²) >= 11 is 0. The molecule has 224 valence electrons. The smallest absolute Gasteiger partial charge is 0.372 e. The Balaban J connectivity index is 0.000000230. The second kappa shape index (κ2) is 15.2. The zero-order valence-corrected chi connectivity index (χ0v) is 25.1. The molecule has 9 nitrogen and oxygen atoms in total. The Labute approximate surface area is 247 Å². The first-order valence-electron chi connectivity index (χ1n) is 14.2. The summed E-state index contributed by atoms with van der Waals surface area (Å²) in [5.41, 5.74) is 5.84. The highest BCUT2D eigenvalue weighted by Crippen LogP contribution is 2.22. The van der Waals surface area contributed by atoms with Gasteiger partial charge in [-0.15, -0.1) is 0 Å². The molecule has 0 bridgehead atoms. The Bertz CT molecular complexity index is 1340. The maximum atomic E-state index is 11.4. The van der Waals surface area contributed by atoms with Gasteiger partial charge in [-0.05, 0) is 48.6 Å². The summed E-state index contributed by atoms with van der Waals surface area (Å²) in [7, 11) is 3.50. The van der Waals surface area contributed by atoms with E-state index in [4.69, 9.17) is 15.3 Å². The second-order valence-electron chi connectivity index (χ2n) is 11.0. The number of hydrogen-bond acceptors (Lipinski definition) is 6. The van der Waals surface area contributed by atoms with Crippen molar-refractivity contribution in [3.63, 3.8) is 0 Å². The van der Waals surface area contributed by atoms with Crippen molar-refractivity contribution in [2.24, 2.45) is 25.9 Å². The Hall–Kier alpha value is -4.08. The first kappa shape index (κ1) is 32.4. The second-order valence-corrected chi connectivity index (χ2v) is 11.0.